The molecule has 0 aliphatic rings. The fraction of sp³-hybridized carbons (Fsp3) is 0.600. The van der Waals surface area contributed by atoms with Gasteiger partial charge in [0.1, 0.15) is 5.60 Å². The molecular weight excluding hydrogens is 316 g/mol. The lowest BCUT2D eigenvalue weighted by Crippen LogP contribution is -2.33. The van der Waals surface area contributed by atoms with E-state index in [2.05, 4.69) is 24.5 Å². The predicted octanol–water partition coefficient (Wildman–Crippen LogP) is 4.27. The van der Waals surface area contributed by atoms with Gasteiger partial charge in [0, 0.05) is 18.2 Å². The Balaban J connectivity index is 2.47. The average Bonchev–Trinajstić information content (AvgIpc) is 2.49. The van der Waals surface area contributed by atoms with Crippen LogP contribution >= 0.6 is 0 Å². The summed E-state index contributed by atoms with van der Waals surface area (Å²) in [6, 6.07) is 7.38. The highest BCUT2D eigenvalue weighted by Crippen LogP contribution is 2.10. The van der Waals surface area contributed by atoms with Gasteiger partial charge in [-0.15, -0.1) is 0 Å². The van der Waals surface area contributed by atoms with Gasteiger partial charge in [-0.05, 0) is 64.2 Å². The maximum atomic E-state index is 12.2. The minimum atomic E-state index is -0.516. The summed E-state index contributed by atoms with van der Waals surface area (Å²) in [6.45, 7) is 12.2. The molecular formula is C20H32N2O3. The highest BCUT2D eigenvalue weighted by molar-refractivity contribution is 5.94. The van der Waals surface area contributed by atoms with Crippen LogP contribution in [0.25, 0.3) is 0 Å². The molecule has 2 N–H and O–H groups in total. The second kappa shape index (κ2) is 9.44. The Morgan fingerprint density at radius 1 is 1.04 bits per heavy atom. The number of nitrogens with one attached hydrogen (secondary N) is 2. The molecule has 0 radical (unpaired) electrons. The molecule has 0 spiro atoms. The van der Waals surface area contributed by atoms with Crippen molar-refractivity contribution < 1.29 is 14.3 Å². The zero-order valence-corrected chi connectivity index (χ0v) is 16.3. The van der Waals surface area contributed by atoms with Crippen LogP contribution in [0, 0.1) is 5.92 Å². The summed E-state index contributed by atoms with van der Waals surface area (Å²) in [5.74, 6) is 0.569. The van der Waals surface area contributed by atoms with E-state index in [0.29, 0.717) is 18.0 Å². The number of hydrogen-bond acceptors (Lipinski definition) is 3. The van der Waals surface area contributed by atoms with Gasteiger partial charge < -0.3 is 15.4 Å². The van der Waals surface area contributed by atoms with Gasteiger partial charge in [0.25, 0.3) is 5.91 Å². The molecule has 0 aromatic heterocycles. The van der Waals surface area contributed by atoms with E-state index in [1.165, 1.54) is 0 Å². The van der Waals surface area contributed by atoms with E-state index >= 15 is 0 Å². The first-order valence-electron chi connectivity index (χ1n) is 8.93. The van der Waals surface area contributed by atoms with Crippen LogP contribution in [-0.2, 0) is 11.3 Å². The van der Waals surface area contributed by atoms with Crippen LogP contribution in [-0.4, -0.2) is 23.6 Å². The van der Waals surface area contributed by atoms with Gasteiger partial charge in [0.2, 0.25) is 0 Å². The number of alkyl carbamates (subject to hydrolysis) is 1. The SMILES string of the molecule is CC(C)CCC(C)NC(=O)c1ccc(CNC(=O)OC(C)(C)C)cc1. The topological polar surface area (TPSA) is 67.4 Å². The molecule has 5 heteroatoms. The monoisotopic (exact) mass is 348 g/mol. The molecule has 0 saturated carbocycles. The molecule has 0 fully saturated rings. The van der Waals surface area contributed by atoms with Crippen molar-refractivity contribution in [1.29, 1.82) is 0 Å². The highest BCUT2D eigenvalue weighted by Gasteiger charge is 2.16. The van der Waals surface area contributed by atoms with E-state index in [9.17, 15) is 9.59 Å². The van der Waals surface area contributed by atoms with E-state index in [0.717, 1.165) is 18.4 Å². The summed E-state index contributed by atoms with van der Waals surface area (Å²) in [5, 5.41) is 5.72. The molecule has 25 heavy (non-hydrogen) atoms. The van der Waals surface area contributed by atoms with Crippen LogP contribution in [0.1, 0.15) is 70.3 Å². The van der Waals surface area contributed by atoms with Gasteiger partial charge in [-0.1, -0.05) is 26.0 Å². The molecule has 0 saturated heterocycles. The molecule has 0 heterocycles. The minimum absolute atomic E-state index is 0.0668. The number of carbonyl (C=O) groups excluding carboxylic acids is 2. The molecule has 0 aliphatic heterocycles. The lowest BCUT2D eigenvalue weighted by atomic mass is 10.0. The van der Waals surface area contributed by atoms with Gasteiger partial charge >= 0.3 is 6.09 Å². The second-order valence-electron chi connectivity index (χ2n) is 7.90. The Bertz CT molecular complexity index is 559. The van der Waals surface area contributed by atoms with Crippen molar-refractivity contribution in [2.45, 2.75) is 72.6 Å². The number of benzene rings is 1. The van der Waals surface area contributed by atoms with Gasteiger partial charge in [0.15, 0.2) is 0 Å². The summed E-state index contributed by atoms with van der Waals surface area (Å²) in [7, 11) is 0. The van der Waals surface area contributed by atoms with Crippen molar-refractivity contribution >= 4 is 12.0 Å². The van der Waals surface area contributed by atoms with Gasteiger partial charge in [0.05, 0.1) is 0 Å². The van der Waals surface area contributed by atoms with E-state index < -0.39 is 11.7 Å². The molecule has 1 atom stereocenters. The molecule has 1 rings (SSSR count). The number of rotatable bonds is 7. The number of carbonyl (C=O) groups is 2. The van der Waals surface area contributed by atoms with E-state index in [4.69, 9.17) is 4.74 Å². The summed E-state index contributed by atoms with van der Waals surface area (Å²) >= 11 is 0. The normalized spacial score (nSPS) is 12.6. The lowest BCUT2D eigenvalue weighted by molar-refractivity contribution is 0.0523. The molecule has 1 aromatic rings. The summed E-state index contributed by atoms with van der Waals surface area (Å²) in [4.78, 5) is 23.9. The van der Waals surface area contributed by atoms with Gasteiger partial charge in [-0.2, -0.15) is 0 Å². The maximum absolute atomic E-state index is 12.2. The van der Waals surface area contributed by atoms with Crippen molar-refractivity contribution in [3.63, 3.8) is 0 Å². The third-order valence-corrected chi connectivity index (χ3v) is 3.61. The smallest absolute Gasteiger partial charge is 0.407 e. The van der Waals surface area contributed by atoms with Crippen LogP contribution < -0.4 is 10.6 Å². The first kappa shape index (κ1) is 21.0. The Labute approximate surface area is 151 Å². The van der Waals surface area contributed by atoms with Crippen molar-refractivity contribution in [1.82, 2.24) is 10.6 Å². The molecule has 2 amide bonds. The van der Waals surface area contributed by atoms with E-state index in [1.54, 1.807) is 12.1 Å². The third-order valence-electron chi connectivity index (χ3n) is 3.61. The summed E-state index contributed by atoms with van der Waals surface area (Å²) in [5.41, 5.74) is 1.02. The predicted molar refractivity (Wildman–Crippen MR) is 101 cm³/mol. The maximum Gasteiger partial charge on any atom is 0.407 e. The third kappa shape index (κ3) is 9.13. The van der Waals surface area contributed by atoms with Gasteiger partial charge in [-0.25, -0.2) is 4.79 Å². The van der Waals surface area contributed by atoms with Crippen LogP contribution in [0.4, 0.5) is 4.79 Å². The molecule has 1 unspecified atom stereocenters. The minimum Gasteiger partial charge on any atom is -0.444 e. The average molecular weight is 348 g/mol. The fourth-order valence-electron chi connectivity index (χ4n) is 2.23. The molecule has 1 aromatic carbocycles. The van der Waals surface area contributed by atoms with Crippen molar-refractivity contribution in [3.05, 3.63) is 35.4 Å². The largest absolute Gasteiger partial charge is 0.444 e. The van der Waals surface area contributed by atoms with Crippen LogP contribution in [0.5, 0.6) is 0 Å². The first-order chi connectivity index (χ1) is 11.6. The zero-order valence-electron chi connectivity index (χ0n) is 16.3. The standard InChI is InChI=1S/C20H32N2O3/c1-14(2)7-8-15(3)22-18(23)17-11-9-16(10-12-17)13-21-19(24)25-20(4,5)6/h9-12,14-15H,7-8,13H2,1-6H3,(H,21,24)(H,22,23). The number of ether oxygens (including phenoxy) is 1. The number of hydrogen-bond donors (Lipinski definition) is 2. The Morgan fingerprint density at radius 3 is 2.16 bits per heavy atom. The van der Waals surface area contributed by atoms with Crippen LogP contribution in [0.3, 0.4) is 0 Å². The van der Waals surface area contributed by atoms with Crippen LogP contribution in [0.15, 0.2) is 24.3 Å². The van der Waals surface area contributed by atoms with Crippen molar-refractivity contribution in [2.75, 3.05) is 0 Å². The van der Waals surface area contributed by atoms with Crippen LogP contribution in [0.2, 0.25) is 0 Å². The second-order valence-corrected chi connectivity index (χ2v) is 7.90. The number of amides is 2. The zero-order chi connectivity index (χ0) is 19.0. The fourth-order valence-corrected chi connectivity index (χ4v) is 2.23. The molecule has 140 valence electrons. The lowest BCUT2D eigenvalue weighted by Gasteiger charge is -2.19. The van der Waals surface area contributed by atoms with Crippen molar-refractivity contribution in [2.24, 2.45) is 5.92 Å². The first-order valence-corrected chi connectivity index (χ1v) is 8.93. The Morgan fingerprint density at radius 2 is 1.64 bits per heavy atom. The van der Waals surface area contributed by atoms with E-state index in [-0.39, 0.29) is 11.9 Å². The highest BCUT2D eigenvalue weighted by atomic mass is 16.6. The molecule has 0 bridgehead atoms. The molecule has 5 nitrogen and oxygen atoms in total. The Kier molecular flexibility index (Phi) is 7.94. The quantitative estimate of drug-likeness (QED) is 0.773. The van der Waals surface area contributed by atoms with Crippen molar-refractivity contribution in [3.8, 4) is 0 Å². The summed E-state index contributed by atoms with van der Waals surface area (Å²) < 4.78 is 5.19. The Hall–Kier alpha value is -2.04. The molecule has 0 aliphatic carbocycles. The summed E-state index contributed by atoms with van der Waals surface area (Å²) in [6.07, 6.45) is 1.62. The van der Waals surface area contributed by atoms with E-state index in [1.807, 2.05) is 39.8 Å². The van der Waals surface area contributed by atoms with Gasteiger partial charge in [-0.3, -0.25) is 4.79 Å².